The summed E-state index contributed by atoms with van der Waals surface area (Å²) in [6.07, 6.45) is 1.16. The van der Waals surface area contributed by atoms with Gasteiger partial charge in [0.25, 0.3) is 0 Å². The Labute approximate surface area is 189 Å². The first-order valence-electron chi connectivity index (χ1n) is 11.0. The molecule has 3 aromatic carbocycles. The maximum Gasteiger partial charge on any atom is 0.243 e. The van der Waals surface area contributed by atoms with Gasteiger partial charge in [-0.2, -0.15) is 0 Å². The number of hydrogen-bond acceptors (Lipinski definition) is 2. The summed E-state index contributed by atoms with van der Waals surface area (Å²) < 4.78 is 14.5. The Hall–Kier alpha value is -3.47. The van der Waals surface area contributed by atoms with Crippen LogP contribution in [0.25, 0.3) is 0 Å². The largest absolute Gasteiger partial charge is 0.355 e. The highest BCUT2D eigenvalue weighted by molar-refractivity contribution is 5.88. The lowest BCUT2D eigenvalue weighted by Gasteiger charge is -2.31. The van der Waals surface area contributed by atoms with Gasteiger partial charge in [0, 0.05) is 31.5 Å². The second kappa shape index (κ2) is 11.8. The molecule has 0 heterocycles. The smallest absolute Gasteiger partial charge is 0.243 e. The fourth-order valence-electron chi connectivity index (χ4n) is 3.70. The summed E-state index contributed by atoms with van der Waals surface area (Å²) in [5, 5.41) is 2.85. The van der Waals surface area contributed by atoms with Crippen LogP contribution in [0.3, 0.4) is 0 Å². The van der Waals surface area contributed by atoms with Crippen molar-refractivity contribution in [2.24, 2.45) is 0 Å². The highest BCUT2D eigenvalue weighted by Crippen LogP contribution is 2.18. The van der Waals surface area contributed by atoms with Crippen molar-refractivity contribution in [3.8, 4) is 0 Å². The maximum absolute atomic E-state index is 14.5. The molecule has 4 nitrogen and oxygen atoms in total. The third-order valence-corrected chi connectivity index (χ3v) is 5.39. The summed E-state index contributed by atoms with van der Waals surface area (Å²) >= 11 is 0. The molecular formula is C27H29FN2O2. The van der Waals surface area contributed by atoms with Crippen molar-refractivity contribution in [3.63, 3.8) is 0 Å². The van der Waals surface area contributed by atoms with Crippen molar-refractivity contribution in [1.82, 2.24) is 10.2 Å². The van der Waals surface area contributed by atoms with Gasteiger partial charge in [0.05, 0.1) is 0 Å². The predicted molar refractivity (Wildman–Crippen MR) is 124 cm³/mol. The van der Waals surface area contributed by atoms with Gasteiger partial charge < -0.3 is 10.2 Å². The molecule has 3 rings (SSSR count). The van der Waals surface area contributed by atoms with Gasteiger partial charge in [0.2, 0.25) is 11.8 Å². The number of likely N-dealkylation sites (N-methyl/N-ethyl adjacent to an activating group) is 1. The highest BCUT2D eigenvalue weighted by atomic mass is 19.1. The van der Waals surface area contributed by atoms with Crippen LogP contribution in [0.1, 0.15) is 30.0 Å². The van der Waals surface area contributed by atoms with Crippen molar-refractivity contribution >= 4 is 11.8 Å². The zero-order valence-electron chi connectivity index (χ0n) is 18.3. The molecule has 3 aromatic rings. The maximum atomic E-state index is 14.5. The van der Waals surface area contributed by atoms with Gasteiger partial charge in [-0.25, -0.2) is 4.39 Å². The number of rotatable bonds is 10. The van der Waals surface area contributed by atoms with Crippen LogP contribution in [-0.4, -0.2) is 29.3 Å². The van der Waals surface area contributed by atoms with Gasteiger partial charge in [-0.15, -0.1) is 0 Å². The molecule has 0 saturated heterocycles. The molecular weight excluding hydrogens is 403 g/mol. The summed E-state index contributed by atoms with van der Waals surface area (Å²) in [6, 6.07) is 25.0. The molecule has 0 fully saturated rings. The monoisotopic (exact) mass is 432 g/mol. The van der Waals surface area contributed by atoms with E-state index < -0.39 is 6.04 Å². The first-order valence-corrected chi connectivity index (χ1v) is 11.0. The fourth-order valence-corrected chi connectivity index (χ4v) is 3.70. The Bertz CT molecular complexity index is 1010. The van der Waals surface area contributed by atoms with Crippen LogP contribution in [0.2, 0.25) is 0 Å². The van der Waals surface area contributed by atoms with E-state index in [1.807, 2.05) is 67.6 Å². The van der Waals surface area contributed by atoms with Gasteiger partial charge in [-0.1, -0.05) is 78.9 Å². The first kappa shape index (κ1) is 23.2. The Morgan fingerprint density at radius 1 is 0.875 bits per heavy atom. The van der Waals surface area contributed by atoms with E-state index in [-0.39, 0.29) is 30.6 Å². The molecule has 32 heavy (non-hydrogen) atoms. The number of halogens is 1. The number of carbonyl (C=O) groups excluding carboxylic acids is 2. The van der Waals surface area contributed by atoms with E-state index in [1.165, 1.54) is 11.0 Å². The number of benzene rings is 3. The molecule has 5 heteroatoms. The van der Waals surface area contributed by atoms with Crippen LogP contribution in [0, 0.1) is 5.82 Å². The van der Waals surface area contributed by atoms with E-state index in [1.54, 1.807) is 18.2 Å². The van der Waals surface area contributed by atoms with Crippen molar-refractivity contribution in [2.45, 2.75) is 38.8 Å². The topological polar surface area (TPSA) is 49.4 Å². The molecule has 0 saturated carbocycles. The van der Waals surface area contributed by atoms with Crippen LogP contribution in [-0.2, 0) is 29.0 Å². The molecule has 0 bridgehead atoms. The number of aryl methyl sites for hydroxylation is 1. The zero-order chi connectivity index (χ0) is 22.8. The Morgan fingerprint density at radius 2 is 1.47 bits per heavy atom. The Kier molecular flexibility index (Phi) is 8.55. The lowest BCUT2D eigenvalue weighted by molar-refractivity contribution is -0.141. The molecule has 0 aliphatic heterocycles. The second-order valence-corrected chi connectivity index (χ2v) is 7.70. The molecule has 0 aliphatic carbocycles. The molecule has 1 atom stereocenters. The molecule has 166 valence electrons. The van der Waals surface area contributed by atoms with E-state index in [9.17, 15) is 14.0 Å². The Balaban J connectivity index is 1.89. The summed E-state index contributed by atoms with van der Waals surface area (Å²) in [4.78, 5) is 28.0. The summed E-state index contributed by atoms with van der Waals surface area (Å²) in [6.45, 7) is 2.33. The molecule has 0 radical (unpaired) electrons. The molecule has 2 amide bonds. The molecule has 0 spiro atoms. The standard InChI is InChI=1S/C27H29FN2O2/c1-2-29-27(32)25(19-22-13-7-4-8-14-22)30(20-23-15-9-10-16-24(23)28)26(31)18-17-21-11-5-3-6-12-21/h3-16,25H,2,17-20H2,1H3,(H,29,32). The third kappa shape index (κ3) is 6.51. The summed E-state index contributed by atoms with van der Waals surface area (Å²) in [5.41, 5.74) is 2.38. The quantitative estimate of drug-likeness (QED) is 0.512. The number of carbonyl (C=O) groups is 2. The predicted octanol–water partition coefficient (Wildman–Crippen LogP) is 4.53. The SMILES string of the molecule is CCNC(=O)C(Cc1ccccc1)N(Cc1ccccc1F)C(=O)CCc1ccccc1. The number of hydrogen-bond donors (Lipinski definition) is 1. The molecule has 1 unspecified atom stereocenters. The minimum absolute atomic E-state index is 0.0366. The summed E-state index contributed by atoms with van der Waals surface area (Å²) in [7, 11) is 0. The van der Waals surface area contributed by atoms with Crippen molar-refractivity contribution in [1.29, 1.82) is 0 Å². The van der Waals surface area contributed by atoms with Crippen molar-refractivity contribution in [2.75, 3.05) is 6.54 Å². The number of amides is 2. The average Bonchev–Trinajstić information content (AvgIpc) is 2.82. The zero-order valence-corrected chi connectivity index (χ0v) is 18.3. The van der Waals surface area contributed by atoms with Crippen LogP contribution < -0.4 is 5.32 Å². The van der Waals surface area contributed by atoms with Crippen molar-refractivity contribution < 1.29 is 14.0 Å². The Morgan fingerprint density at radius 3 is 2.09 bits per heavy atom. The summed E-state index contributed by atoms with van der Waals surface area (Å²) in [5.74, 6) is -0.798. The van der Waals surface area contributed by atoms with Crippen molar-refractivity contribution in [3.05, 3.63) is 107 Å². The van der Waals surface area contributed by atoms with Gasteiger partial charge in [0.15, 0.2) is 0 Å². The van der Waals surface area contributed by atoms with Gasteiger partial charge in [0.1, 0.15) is 11.9 Å². The molecule has 0 aromatic heterocycles. The first-order chi connectivity index (χ1) is 15.6. The lowest BCUT2D eigenvalue weighted by Crippen LogP contribution is -2.50. The fraction of sp³-hybridized carbons (Fsp3) is 0.259. The van der Waals surface area contributed by atoms with Gasteiger partial charge in [-0.3, -0.25) is 9.59 Å². The van der Waals surface area contributed by atoms with Crippen LogP contribution in [0.15, 0.2) is 84.9 Å². The minimum Gasteiger partial charge on any atom is -0.355 e. The third-order valence-electron chi connectivity index (χ3n) is 5.39. The number of nitrogens with one attached hydrogen (secondary N) is 1. The molecule has 1 N–H and O–H groups in total. The second-order valence-electron chi connectivity index (χ2n) is 7.70. The molecule has 0 aliphatic rings. The van der Waals surface area contributed by atoms with Crippen LogP contribution in [0.5, 0.6) is 0 Å². The van der Waals surface area contributed by atoms with Gasteiger partial charge in [-0.05, 0) is 30.5 Å². The highest BCUT2D eigenvalue weighted by Gasteiger charge is 2.30. The number of nitrogens with zero attached hydrogens (tertiary/aromatic N) is 1. The van der Waals surface area contributed by atoms with E-state index in [0.717, 1.165) is 11.1 Å². The van der Waals surface area contributed by atoms with E-state index in [2.05, 4.69) is 5.32 Å². The normalized spacial score (nSPS) is 11.6. The van der Waals surface area contributed by atoms with E-state index >= 15 is 0 Å². The average molecular weight is 433 g/mol. The van der Waals surface area contributed by atoms with Crippen LogP contribution in [0.4, 0.5) is 4.39 Å². The van der Waals surface area contributed by atoms with Crippen LogP contribution >= 0.6 is 0 Å². The van der Waals surface area contributed by atoms with Gasteiger partial charge >= 0.3 is 0 Å². The van der Waals surface area contributed by atoms with E-state index in [4.69, 9.17) is 0 Å². The lowest BCUT2D eigenvalue weighted by atomic mass is 10.0. The minimum atomic E-state index is -0.736. The van der Waals surface area contributed by atoms with E-state index in [0.29, 0.717) is 24.9 Å².